The molecule has 2 fully saturated rings. The van der Waals surface area contributed by atoms with Crippen molar-refractivity contribution >= 4 is 34.0 Å². The lowest BCUT2D eigenvalue weighted by Gasteiger charge is -2.41. The maximum absolute atomic E-state index is 12.9. The van der Waals surface area contributed by atoms with Gasteiger partial charge in [0.05, 0.1) is 4.90 Å². The van der Waals surface area contributed by atoms with Crippen LogP contribution in [0.5, 0.6) is 0 Å². The molecule has 140 valence electrons. The highest BCUT2D eigenvalue weighted by atomic mass is 35.5. The van der Waals surface area contributed by atoms with Crippen molar-refractivity contribution < 1.29 is 13.2 Å². The zero-order chi connectivity index (χ0) is 17.5. The van der Waals surface area contributed by atoms with Crippen molar-refractivity contribution in [3.63, 3.8) is 0 Å². The third-order valence-corrected chi connectivity index (χ3v) is 7.00. The minimum Gasteiger partial charge on any atom is -0.327 e. The number of nitrogens with zero attached hydrogens (tertiary/aromatic N) is 2. The summed E-state index contributed by atoms with van der Waals surface area (Å²) in [6.45, 7) is 5.56. The molecule has 0 aromatic heterocycles. The molecule has 0 aliphatic carbocycles. The predicted octanol–water partition coefficient (Wildman–Crippen LogP) is 1.98. The predicted molar refractivity (Wildman–Crippen MR) is 100 cm³/mol. The highest BCUT2D eigenvalue weighted by Crippen LogP contribution is 2.32. The van der Waals surface area contributed by atoms with E-state index >= 15 is 0 Å². The van der Waals surface area contributed by atoms with Crippen LogP contribution in [0.4, 0.5) is 5.69 Å². The minimum atomic E-state index is -3.54. The van der Waals surface area contributed by atoms with Gasteiger partial charge in [-0.25, -0.2) is 8.42 Å². The van der Waals surface area contributed by atoms with E-state index in [1.54, 1.807) is 29.2 Å². The fourth-order valence-electron chi connectivity index (χ4n) is 3.40. The third kappa shape index (κ3) is 3.84. The molecule has 3 rings (SSSR count). The molecule has 0 radical (unpaired) electrons. The molecule has 1 atom stereocenters. The van der Waals surface area contributed by atoms with Crippen LogP contribution >= 0.6 is 12.4 Å². The summed E-state index contributed by atoms with van der Waals surface area (Å²) < 4.78 is 27.3. The van der Waals surface area contributed by atoms with E-state index in [0.717, 1.165) is 12.1 Å². The number of carbonyl (C=O) groups excluding carboxylic acids is 1. The van der Waals surface area contributed by atoms with Gasteiger partial charge < -0.3 is 10.6 Å². The molecule has 0 saturated carbocycles. The number of nitrogens with two attached hydrogens (primary N) is 1. The molecule has 8 heteroatoms. The monoisotopic (exact) mass is 387 g/mol. The maximum Gasteiger partial charge on any atom is 0.243 e. The van der Waals surface area contributed by atoms with Gasteiger partial charge in [-0.1, -0.05) is 13.8 Å². The maximum atomic E-state index is 12.9. The number of hydrogen-bond donors (Lipinski definition) is 1. The summed E-state index contributed by atoms with van der Waals surface area (Å²) in [4.78, 5) is 13.8. The van der Waals surface area contributed by atoms with Crippen LogP contribution in [0.15, 0.2) is 29.2 Å². The minimum absolute atomic E-state index is 0. The Bertz CT molecular complexity index is 734. The first-order chi connectivity index (χ1) is 11.2. The van der Waals surface area contributed by atoms with Crippen molar-refractivity contribution in [1.29, 1.82) is 0 Å². The molecule has 1 aromatic rings. The van der Waals surface area contributed by atoms with Crippen molar-refractivity contribution in [2.24, 2.45) is 11.1 Å². The van der Waals surface area contributed by atoms with Crippen LogP contribution in [0.3, 0.4) is 0 Å². The first-order valence-corrected chi connectivity index (χ1v) is 9.82. The van der Waals surface area contributed by atoms with Crippen LogP contribution in [0.2, 0.25) is 0 Å². The zero-order valence-electron chi connectivity index (χ0n) is 14.6. The number of amides is 1. The molecule has 2 heterocycles. The lowest BCUT2D eigenvalue weighted by molar-refractivity contribution is -0.117. The number of piperidine rings is 1. The fourth-order valence-corrected chi connectivity index (χ4v) is 5.02. The SMILES string of the molecule is CC1(C)CN(S(=O)(=O)c2ccc(N3CCCC3=O)cc2)CCC1N.Cl. The van der Waals surface area contributed by atoms with Crippen LogP contribution in [0.1, 0.15) is 33.1 Å². The van der Waals surface area contributed by atoms with Crippen molar-refractivity contribution in [3.8, 4) is 0 Å². The van der Waals surface area contributed by atoms with E-state index in [0.29, 0.717) is 32.5 Å². The standard InChI is InChI=1S/C17H25N3O3S.ClH/c1-17(2)12-19(11-9-15(17)18)24(22,23)14-7-5-13(6-8-14)20-10-3-4-16(20)21;/h5-8,15H,3-4,9-12,18H2,1-2H3;1H. The van der Waals surface area contributed by atoms with Gasteiger partial charge in [0.2, 0.25) is 15.9 Å². The Morgan fingerprint density at radius 3 is 2.32 bits per heavy atom. The van der Waals surface area contributed by atoms with Gasteiger partial charge in [0.15, 0.2) is 0 Å². The molecule has 2 saturated heterocycles. The van der Waals surface area contributed by atoms with Crippen molar-refractivity contribution in [1.82, 2.24) is 4.31 Å². The average molecular weight is 388 g/mol. The molecule has 6 nitrogen and oxygen atoms in total. The van der Waals surface area contributed by atoms with E-state index < -0.39 is 10.0 Å². The molecule has 1 aromatic carbocycles. The summed E-state index contributed by atoms with van der Waals surface area (Å²) in [6, 6.07) is 6.64. The quantitative estimate of drug-likeness (QED) is 0.859. The van der Waals surface area contributed by atoms with E-state index in [2.05, 4.69) is 0 Å². The summed E-state index contributed by atoms with van der Waals surface area (Å²) >= 11 is 0. The van der Waals surface area contributed by atoms with Gasteiger partial charge in [-0.05, 0) is 42.5 Å². The smallest absolute Gasteiger partial charge is 0.243 e. The van der Waals surface area contributed by atoms with E-state index in [-0.39, 0.29) is 34.7 Å². The topological polar surface area (TPSA) is 83.7 Å². The molecule has 2 N–H and O–H groups in total. The van der Waals surface area contributed by atoms with E-state index in [1.165, 1.54) is 4.31 Å². The number of halogens is 1. The lowest BCUT2D eigenvalue weighted by Crippen LogP contribution is -2.53. The van der Waals surface area contributed by atoms with Crippen LogP contribution in [-0.4, -0.2) is 44.3 Å². The Kier molecular flexibility index (Phi) is 5.83. The van der Waals surface area contributed by atoms with Gasteiger partial charge in [-0.15, -0.1) is 12.4 Å². The van der Waals surface area contributed by atoms with Gasteiger partial charge in [-0.3, -0.25) is 4.79 Å². The zero-order valence-corrected chi connectivity index (χ0v) is 16.3. The van der Waals surface area contributed by atoms with Crippen molar-refractivity contribution in [2.45, 2.75) is 44.0 Å². The molecule has 0 spiro atoms. The summed E-state index contributed by atoms with van der Waals surface area (Å²) in [6.07, 6.45) is 2.07. The summed E-state index contributed by atoms with van der Waals surface area (Å²) in [5, 5.41) is 0. The van der Waals surface area contributed by atoms with Gasteiger partial charge in [-0.2, -0.15) is 4.31 Å². The highest BCUT2D eigenvalue weighted by Gasteiger charge is 2.38. The van der Waals surface area contributed by atoms with Crippen molar-refractivity contribution in [3.05, 3.63) is 24.3 Å². The van der Waals surface area contributed by atoms with Crippen LogP contribution in [0, 0.1) is 5.41 Å². The van der Waals surface area contributed by atoms with E-state index in [4.69, 9.17) is 5.73 Å². The Morgan fingerprint density at radius 1 is 1.16 bits per heavy atom. The van der Waals surface area contributed by atoms with Gasteiger partial charge >= 0.3 is 0 Å². The molecular formula is C17H26ClN3O3S. The van der Waals surface area contributed by atoms with Gasteiger partial charge in [0.25, 0.3) is 0 Å². The molecule has 0 bridgehead atoms. The number of rotatable bonds is 3. The number of carbonyl (C=O) groups is 1. The summed E-state index contributed by atoms with van der Waals surface area (Å²) in [5.41, 5.74) is 6.62. The summed E-state index contributed by atoms with van der Waals surface area (Å²) in [5.74, 6) is 0.0948. The first-order valence-electron chi connectivity index (χ1n) is 8.38. The number of sulfonamides is 1. The van der Waals surface area contributed by atoms with E-state index in [1.807, 2.05) is 13.8 Å². The largest absolute Gasteiger partial charge is 0.327 e. The molecular weight excluding hydrogens is 362 g/mol. The second-order valence-electron chi connectivity index (χ2n) is 7.37. The Hall–Kier alpha value is -1.15. The molecule has 2 aliphatic rings. The normalized spacial score (nSPS) is 24.2. The molecule has 2 aliphatic heterocycles. The molecule has 1 unspecified atom stereocenters. The van der Waals surface area contributed by atoms with E-state index in [9.17, 15) is 13.2 Å². The lowest BCUT2D eigenvalue weighted by atomic mass is 9.81. The number of anilines is 1. The average Bonchev–Trinajstić information content (AvgIpc) is 2.96. The molecule has 1 amide bonds. The molecule has 25 heavy (non-hydrogen) atoms. The summed E-state index contributed by atoms with van der Waals surface area (Å²) in [7, 11) is -3.54. The number of benzene rings is 1. The van der Waals surface area contributed by atoms with Crippen LogP contribution in [0.25, 0.3) is 0 Å². The second-order valence-corrected chi connectivity index (χ2v) is 9.30. The third-order valence-electron chi connectivity index (χ3n) is 5.14. The van der Waals surface area contributed by atoms with Gasteiger partial charge in [0, 0.05) is 37.8 Å². The van der Waals surface area contributed by atoms with Crippen molar-refractivity contribution in [2.75, 3.05) is 24.5 Å². The van der Waals surface area contributed by atoms with Crippen LogP contribution < -0.4 is 10.6 Å². The Balaban J connectivity index is 0.00000225. The Labute approximate surface area is 155 Å². The fraction of sp³-hybridized carbons (Fsp3) is 0.588. The second kappa shape index (κ2) is 7.23. The number of hydrogen-bond acceptors (Lipinski definition) is 4. The highest BCUT2D eigenvalue weighted by molar-refractivity contribution is 7.89. The van der Waals surface area contributed by atoms with Crippen LogP contribution in [-0.2, 0) is 14.8 Å². The first kappa shape index (κ1) is 20.2. The Morgan fingerprint density at radius 2 is 1.80 bits per heavy atom. The van der Waals surface area contributed by atoms with Gasteiger partial charge in [0.1, 0.15) is 0 Å².